The van der Waals surface area contributed by atoms with E-state index in [4.69, 9.17) is 4.98 Å². The summed E-state index contributed by atoms with van der Waals surface area (Å²) < 4.78 is 13.7. The van der Waals surface area contributed by atoms with Gasteiger partial charge in [-0.2, -0.15) is 0 Å². The first-order chi connectivity index (χ1) is 9.69. The number of halogens is 1. The third-order valence-corrected chi connectivity index (χ3v) is 5.00. The van der Waals surface area contributed by atoms with Gasteiger partial charge in [0, 0.05) is 10.4 Å². The highest BCUT2D eigenvalue weighted by molar-refractivity contribution is 7.15. The van der Waals surface area contributed by atoms with Crippen LogP contribution in [-0.4, -0.2) is 11.5 Å². The minimum atomic E-state index is -0.154. The first-order valence-corrected chi connectivity index (χ1v) is 8.00. The molecule has 1 unspecified atom stereocenters. The predicted molar refractivity (Wildman–Crippen MR) is 81.6 cm³/mol. The number of benzene rings is 1. The molecule has 0 radical (unpaired) electrons. The van der Waals surface area contributed by atoms with E-state index in [2.05, 4.69) is 12.2 Å². The molecule has 1 aromatic heterocycles. The number of aromatic nitrogens is 1. The van der Waals surface area contributed by atoms with E-state index < -0.39 is 0 Å². The van der Waals surface area contributed by atoms with E-state index in [1.54, 1.807) is 24.3 Å². The quantitative estimate of drug-likeness (QED) is 0.914. The number of thiazole rings is 1. The van der Waals surface area contributed by atoms with Gasteiger partial charge in [0.15, 0.2) is 0 Å². The van der Waals surface area contributed by atoms with Gasteiger partial charge in [-0.3, -0.25) is 0 Å². The summed E-state index contributed by atoms with van der Waals surface area (Å²) in [6.45, 7) is 4.86. The van der Waals surface area contributed by atoms with Crippen LogP contribution in [0.25, 0.3) is 10.6 Å². The molecule has 1 aromatic carbocycles. The van der Waals surface area contributed by atoms with Gasteiger partial charge in [-0.05, 0) is 44.4 Å². The molecule has 1 aliphatic rings. The lowest BCUT2D eigenvalue weighted by atomic mass is 9.97. The topological polar surface area (TPSA) is 24.9 Å². The van der Waals surface area contributed by atoms with Gasteiger partial charge >= 0.3 is 0 Å². The van der Waals surface area contributed by atoms with Crippen molar-refractivity contribution in [3.8, 4) is 10.6 Å². The van der Waals surface area contributed by atoms with E-state index in [9.17, 15) is 4.39 Å². The van der Waals surface area contributed by atoms with Gasteiger partial charge in [0.2, 0.25) is 0 Å². The number of fused-ring (bicyclic) bond motifs is 1. The highest BCUT2D eigenvalue weighted by atomic mass is 32.1. The fraction of sp³-hybridized carbons (Fsp3) is 0.438. The summed E-state index contributed by atoms with van der Waals surface area (Å²) in [4.78, 5) is 6.14. The van der Waals surface area contributed by atoms with Gasteiger partial charge in [-0.1, -0.05) is 19.1 Å². The lowest BCUT2D eigenvalue weighted by Crippen LogP contribution is -2.24. The van der Waals surface area contributed by atoms with Crippen LogP contribution < -0.4 is 5.32 Å². The Labute approximate surface area is 123 Å². The molecule has 20 heavy (non-hydrogen) atoms. The highest BCUT2D eigenvalue weighted by Crippen LogP contribution is 2.37. The number of rotatable bonds is 3. The van der Waals surface area contributed by atoms with Crippen molar-refractivity contribution in [3.63, 3.8) is 0 Å². The molecular weight excluding hydrogens is 271 g/mol. The zero-order valence-corrected chi connectivity index (χ0v) is 12.7. The number of hydrogen-bond donors (Lipinski definition) is 1. The molecule has 0 amide bonds. The van der Waals surface area contributed by atoms with Crippen molar-refractivity contribution in [1.82, 2.24) is 10.3 Å². The monoisotopic (exact) mass is 290 g/mol. The molecule has 1 heterocycles. The zero-order chi connectivity index (χ0) is 14.1. The molecule has 0 saturated heterocycles. The smallest absolute Gasteiger partial charge is 0.126 e. The lowest BCUT2D eigenvalue weighted by Gasteiger charge is -2.21. The summed E-state index contributed by atoms with van der Waals surface area (Å²) in [5.74, 6) is -0.154. The van der Waals surface area contributed by atoms with Crippen LogP contribution in [0.5, 0.6) is 0 Å². The lowest BCUT2D eigenvalue weighted by molar-refractivity contribution is 0.465. The number of aryl methyl sites for hydroxylation is 2. The number of nitrogens with zero attached hydrogens (tertiary/aromatic N) is 1. The average Bonchev–Trinajstić information content (AvgIpc) is 2.87. The van der Waals surface area contributed by atoms with E-state index in [-0.39, 0.29) is 5.82 Å². The second kappa shape index (κ2) is 5.62. The molecule has 0 saturated carbocycles. The standard InChI is InChI=1S/C16H19FN2S/c1-3-18-13-5-4-6-14-15(13)19-16(20-14)11-8-7-10(2)12(17)9-11/h7-9,13,18H,3-6H2,1-2H3. The molecule has 2 nitrogen and oxygen atoms in total. The van der Waals surface area contributed by atoms with Crippen molar-refractivity contribution in [2.75, 3.05) is 6.54 Å². The van der Waals surface area contributed by atoms with E-state index >= 15 is 0 Å². The first-order valence-electron chi connectivity index (χ1n) is 7.18. The van der Waals surface area contributed by atoms with Crippen LogP contribution in [-0.2, 0) is 6.42 Å². The van der Waals surface area contributed by atoms with Gasteiger partial charge in [0.1, 0.15) is 10.8 Å². The molecule has 0 bridgehead atoms. The molecule has 2 aromatic rings. The molecule has 106 valence electrons. The SMILES string of the molecule is CCNC1CCCc2sc(-c3ccc(C)c(F)c3)nc21. The Morgan fingerprint density at radius 2 is 2.30 bits per heavy atom. The predicted octanol–water partition coefficient (Wildman–Crippen LogP) is 4.24. The molecule has 0 fully saturated rings. The van der Waals surface area contributed by atoms with Gasteiger partial charge in [0.25, 0.3) is 0 Å². The zero-order valence-electron chi connectivity index (χ0n) is 11.9. The fourth-order valence-electron chi connectivity index (χ4n) is 2.71. The summed E-state index contributed by atoms with van der Waals surface area (Å²) in [5.41, 5.74) is 2.75. The van der Waals surface area contributed by atoms with Gasteiger partial charge in [-0.15, -0.1) is 11.3 Å². The normalized spacial score (nSPS) is 18.1. The Morgan fingerprint density at radius 3 is 3.05 bits per heavy atom. The summed E-state index contributed by atoms with van der Waals surface area (Å²) in [6, 6.07) is 5.75. The average molecular weight is 290 g/mol. The third kappa shape index (κ3) is 2.50. The van der Waals surface area contributed by atoms with Crippen LogP contribution in [0, 0.1) is 12.7 Å². The van der Waals surface area contributed by atoms with Crippen LogP contribution in [0.1, 0.15) is 41.9 Å². The van der Waals surface area contributed by atoms with Crippen LogP contribution in [0.15, 0.2) is 18.2 Å². The van der Waals surface area contributed by atoms with Crippen LogP contribution in [0.4, 0.5) is 4.39 Å². The summed E-state index contributed by atoms with van der Waals surface area (Å²) in [7, 11) is 0. The first kappa shape index (κ1) is 13.7. The minimum Gasteiger partial charge on any atom is -0.309 e. The molecule has 1 atom stereocenters. The minimum absolute atomic E-state index is 0.154. The van der Waals surface area contributed by atoms with Crippen molar-refractivity contribution < 1.29 is 4.39 Å². The van der Waals surface area contributed by atoms with Crippen molar-refractivity contribution in [1.29, 1.82) is 0 Å². The summed E-state index contributed by atoms with van der Waals surface area (Å²) >= 11 is 1.71. The van der Waals surface area contributed by atoms with Crippen LogP contribution in [0.2, 0.25) is 0 Å². The summed E-state index contributed by atoms with van der Waals surface area (Å²) in [5, 5.41) is 4.44. The van der Waals surface area contributed by atoms with E-state index in [0.29, 0.717) is 11.6 Å². The second-order valence-corrected chi connectivity index (χ2v) is 6.38. The van der Waals surface area contributed by atoms with Gasteiger partial charge < -0.3 is 5.32 Å². The second-order valence-electron chi connectivity index (χ2n) is 5.29. The van der Waals surface area contributed by atoms with Crippen molar-refractivity contribution in [3.05, 3.63) is 40.2 Å². The Kier molecular flexibility index (Phi) is 3.85. The van der Waals surface area contributed by atoms with E-state index in [1.165, 1.54) is 17.0 Å². The molecule has 4 heteroatoms. The van der Waals surface area contributed by atoms with Gasteiger partial charge in [0.05, 0.1) is 11.7 Å². The fourth-order valence-corrected chi connectivity index (χ4v) is 3.87. The molecule has 0 aliphatic heterocycles. The molecule has 1 aliphatic carbocycles. The van der Waals surface area contributed by atoms with Crippen LogP contribution >= 0.6 is 11.3 Å². The third-order valence-electron chi connectivity index (χ3n) is 3.82. The molecule has 1 N–H and O–H groups in total. The maximum atomic E-state index is 13.7. The van der Waals surface area contributed by atoms with E-state index in [1.807, 2.05) is 12.1 Å². The largest absolute Gasteiger partial charge is 0.309 e. The Hall–Kier alpha value is -1.26. The van der Waals surface area contributed by atoms with E-state index in [0.717, 1.165) is 30.0 Å². The molecular formula is C16H19FN2S. The Balaban J connectivity index is 1.97. The maximum absolute atomic E-state index is 13.7. The Bertz CT molecular complexity index is 621. The maximum Gasteiger partial charge on any atom is 0.126 e. The number of hydrogen-bond acceptors (Lipinski definition) is 3. The highest BCUT2D eigenvalue weighted by Gasteiger charge is 2.24. The van der Waals surface area contributed by atoms with Gasteiger partial charge in [-0.25, -0.2) is 9.37 Å². The molecule has 0 spiro atoms. The molecule has 3 rings (SSSR count). The van der Waals surface area contributed by atoms with Crippen LogP contribution in [0.3, 0.4) is 0 Å². The number of nitrogens with one attached hydrogen (secondary N) is 1. The van der Waals surface area contributed by atoms with Crippen molar-refractivity contribution in [2.45, 2.75) is 39.2 Å². The summed E-state index contributed by atoms with van der Waals surface area (Å²) in [6.07, 6.45) is 3.45. The van der Waals surface area contributed by atoms with Crippen molar-refractivity contribution >= 4 is 11.3 Å². The Morgan fingerprint density at radius 1 is 1.45 bits per heavy atom. The van der Waals surface area contributed by atoms with Crippen molar-refractivity contribution in [2.24, 2.45) is 0 Å².